The van der Waals surface area contributed by atoms with Crippen molar-refractivity contribution in [2.75, 3.05) is 13.7 Å². The summed E-state index contributed by atoms with van der Waals surface area (Å²) < 4.78 is 25.7. The van der Waals surface area contributed by atoms with E-state index in [4.69, 9.17) is 9.47 Å². The molecule has 3 rings (SSSR count). The summed E-state index contributed by atoms with van der Waals surface area (Å²) in [5.74, 6) is -2.25. The molecule has 0 saturated carbocycles. The molecule has 1 aromatic rings. The number of aromatic nitrogens is 1. The predicted molar refractivity (Wildman–Crippen MR) is 101 cm³/mol. The van der Waals surface area contributed by atoms with Gasteiger partial charge in [0.15, 0.2) is 0 Å². The first-order chi connectivity index (χ1) is 13.4. The Hall–Kier alpha value is -2.75. The second kappa shape index (κ2) is 7.25. The molecular formula is C19H25FN4O5. The fraction of sp³-hybridized carbons (Fsp3) is 0.579. The molecule has 3 heterocycles. The molecule has 2 N–H and O–H groups in total. The number of fused-ring (bicyclic) bond motifs is 1. The average Bonchev–Trinajstić information content (AvgIpc) is 2.61. The maximum atomic E-state index is 14.7. The molecule has 0 radical (unpaired) electrons. The molecule has 1 aromatic heterocycles. The molecule has 2 aliphatic rings. The maximum absolute atomic E-state index is 14.7. The van der Waals surface area contributed by atoms with Crippen molar-refractivity contribution in [2.45, 2.75) is 51.4 Å². The van der Waals surface area contributed by atoms with Gasteiger partial charge < -0.3 is 19.9 Å². The number of guanidine groups is 1. The monoisotopic (exact) mass is 408 g/mol. The first-order valence-corrected chi connectivity index (χ1v) is 9.27. The molecule has 0 unspecified atom stereocenters. The van der Waals surface area contributed by atoms with E-state index in [0.29, 0.717) is 6.42 Å². The highest BCUT2D eigenvalue weighted by molar-refractivity contribution is 6.04. The van der Waals surface area contributed by atoms with E-state index in [1.54, 1.807) is 20.8 Å². The second-order valence-electron chi connectivity index (χ2n) is 8.34. The van der Waals surface area contributed by atoms with Gasteiger partial charge in [-0.2, -0.15) is 0 Å². The molecule has 2 fully saturated rings. The third-order valence-corrected chi connectivity index (χ3v) is 4.95. The molecule has 2 saturated heterocycles. The van der Waals surface area contributed by atoms with Crippen LogP contribution >= 0.6 is 0 Å². The summed E-state index contributed by atoms with van der Waals surface area (Å²) in [6, 6.07) is 1.15. The van der Waals surface area contributed by atoms with Crippen molar-refractivity contribution in [3.8, 4) is 5.88 Å². The maximum Gasteiger partial charge on any atom is 0.437 e. The van der Waals surface area contributed by atoms with Gasteiger partial charge in [-0.15, -0.1) is 4.99 Å². The Morgan fingerprint density at radius 2 is 2.21 bits per heavy atom. The van der Waals surface area contributed by atoms with Crippen molar-refractivity contribution in [2.24, 2.45) is 10.9 Å². The molecule has 0 spiro atoms. The highest BCUT2D eigenvalue weighted by atomic mass is 19.1. The number of nitrogens with one attached hydrogen (secondary N) is 1. The third kappa shape index (κ3) is 4.02. The molecule has 2 aliphatic heterocycles. The van der Waals surface area contributed by atoms with Crippen LogP contribution in [0, 0.1) is 11.7 Å². The van der Waals surface area contributed by atoms with Crippen LogP contribution in [0.25, 0.3) is 0 Å². The van der Waals surface area contributed by atoms with E-state index in [1.165, 1.54) is 11.9 Å². The van der Waals surface area contributed by atoms with E-state index >= 15 is 0 Å². The Kier molecular flexibility index (Phi) is 5.24. The number of amides is 2. The fourth-order valence-electron chi connectivity index (χ4n) is 3.61. The fourth-order valence-corrected chi connectivity index (χ4v) is 3.61. The number of hydrogen-bond donors (Lipinski definition) is 2. The number of aromatic hydroxyl groups is 1. The van der Waals surface area contributed by atoms with Crippen LogP contribution in [0.3, 0.4) is 0 Å². The van der Waals surface area contributed by atoms with Gasteiger partial charge in [-0.3, -0.25) is 9.69 Å². The predicted octanol–water partition coefficient (Wildman–Crippen LogP) is 1.90. The van der Waals surface area contributed by atoms with Gasteiger partial charge in [0, 0.05) is 18.7 Å². The minimum Gasteiger partial charge on any atom is -0.493 e. The quantitative estimate of drug-likeness (QED) is 0.730. The van der Waals surface area contributed by atoms with Gasteiger partial charge in [0.05, 0.1) is 24.8 Å². The van der Waals surface area contributed by atoms with E-state index in [1.807, 2.05) is 6.92 Å². The summed E-state index contributed by atoms with van der Waals surface area (Å²) in [7, 11) is 1.48. The number of ether oxygens (including phenoxy) is 2. The third-order valence-electron chi connectivity index (χ3n) is 4.95. The first kappa shape index (κ1) is 21.0. The highest BCUT2D eigenvalue weighted by Gasteiger charge is 2.55. The van der Waals surface area contributed by atoms with Crippen LogP contribution in [-0.4, -0.2) is 58.3 Å². The van der Waals surface area contributed by atoms with Crippen molar-refractivity contribution in [1.29, 1.82) is 0 Å². The lowest BCUT2D eigenvalue weighted by atomic mass is 9.72. The lowest BCUT2D eigenvalue weighted by Crippen LogP contribution is -2.69. The highest BCUT2D eigenvalue weighted by Crippen LogP contribution is 2.42. The number of pyridine rings is 1. The Balaban J connectivity index is 2.09. The van der Waals surface area contributed by atoms with Gasteiger partial charge in [-0.25, -0.2) is 14.2 Å². The molecule has 0 aliphatic carbocycles. The summed E-state index contributed by atoms with van der Waals surface area (Å²) in [6.45, 7) is 6.83. The van der Waals surface area contributed by atoms with E-state index in [2.05, 4.69) is 15.3 Å². The average molecular weight is 408 g/mol. The lowest BCUT2D eigenvalue weighted by Gasteiger charge is -2.51. The lowest BCUT2D eigenvalue weighted by molar-refractivity contribution is -0.148. The minimum absolute atomic E-state index is 0.0141. The van der Waals surface area contributed by atoms with E-state index < -0.39 is 34.8 Å². The van der Waals surface area contributed by atoms with E-state index in [-0.39, 0.29) is 30.1 Å². The van der Waals surface area contributed by atoms with Gasteiger partial charge in [-0.1, -0.05) is 0 Å². The molecular weight excluding hydrogens is 383 g/mol. The number of halogens is 1. The Morgan fingerprint density at radius 3 is 2.86 bits per heavy atom. The zero-order valence-corrected chi connectivity index (χ0v) is 17.0. The van der Waals surface area contributed by atoms with Gasteiger partial charge in [0.25, 0.3) is 0 Å². The van der Waals surface area contributed by atoms with Crippen LogP contribution in [0.4, 0.5) is 9.18 Å². The van der Waals surface area contributed by atoms with Gasteiger partial charge >= 0.3 is 6.09 Å². The molecule has 0 bridgehead atoms. The summed E-state index contributed by atoms with van der Waals surface area (Å²) >= 11 is 0. The largest absolute Gasteiger partial charge is 0.493 e. The van der Waals surface area contributed by atoms with Crippen molar-refractivity contribution < 1.29 is 28.6 Å². The zero-order valence-electron chi connectivity index (χ0n) is 17.0. The van der Waals surface area contributed by atoms with Crippen LogP contribution in [0.5, 0.6) is 5.88 Å². The van der Waals surface area contributed by atoms with Crippen LogP contribution in [0.2, 0.25) is 0 Å². The molecule has 3 atom stereocenters. The van der Waals surface area contributed by atoms with Crippen LogP contribution < -0.4 is 5.32 Å². The summed E-state index contributed by atoms with van der Waals surface area (Å²) in [6.07, 6.45) is 0.0775. The van der Waals surface area contributed by atoms with E-state index in [9.17, 15) is 19.1 Å². The molecule has 29 heavy (non-hydrogen) atoms. The number of hydrogen-bond acceptors (Lipinski definition) is 6. The van der Waals surface area contributed by atoms with Gasteiger partial charge in [-0.05, 0) is 34.1 Å². The van der Waals surface area contributed by atoms with Crippen molar-refractivity contribution in [1.82, 2.24) is 15.2 Å². The number of nitrogens with zero attached hydrogens (tertiary/aromatic N) is 3. The topological polar surface area (TPSA) is 113 Å². The van der Waals surface area contributed by atoms with Crippen molar-refractivity contribution in [3.63, 3.8) is 0 Å². The second-order valence-corrected chi connectivity index (χ2v) is 8.34. The Bertz CT molecular complexity index is 869. The summed E-state index contributed by atoms with van der Waals surface area (Å²) in [5, 5.41) is 12.8. The molecule has 158 valence electrons. The van der Waals surface area contributed by atoms with Gasteiger partial charge in [0.1, 0.15) is 17.0 Å². The zero-order chi connectivity index (χ0) is 21.6. The van der Waals surface area contributed by atoms with Crippen molar-refractivity contribution >= 4 is 18.0 Å². The number of carbonyl (C=O) groups excluding carboxylic acids is 2. The normalized spacial score (nSPS) is 28.7. The number of aliphatic imine (C=N–C) groups is 1. The number of rotatable bonds is 1. The summed E-state index contributed by atoms with van der Waals surface area (Å²) in [4.78, 5) is 34.0. The van der Waals surface area contributed by atoms with Crippen LogP contribution in [-0.2, 0) is 19.8 Å². The minimum atomic E-state index is -1.36. The van der Waals surface area contributed by atoms with Gasteiger partial charge in [0.2, 0.25) is 17.7 Å². The number of carbonyl (C=O) groups is 2. The molecule has 0 aromatic carbocycles. The Labute approximate surface area is 167 Å². The molecule has 9 nitrogen and oxygen atoms in total. The standard InChI is InChI=1S/C19H25FN4O5/c1-10-6-12-15(26)24(5)16(22-17(27)29-18(2,3)4)23-19(12,9-28-10)11-7-14(25)21-8-13(11)20/h7-8,10,12H,6,9H2,1-5H3,(H,21,25)(H,22,23,27)/t10-,12-,19+/m0/s1. The molecule has 2 amide bonds. The van der Waals surface area contributed by atoms with E-state index in [0.717, 1.165) is 12.3 Å². The Morgan fingerprint density at radius 1 is 1.52 bits per heavy atom. The van der Waals surface area contributed by atoms with Crippen molar-refractivity contribution in [3.05, 3.63) is 23.6 Å². The molecule has 10 heteroatoms. The van der Waals surface area contributed by atoms with Crippen LogP contribution in [0.15, 0.2) is 17.3 Å². The smallest absolute Gasteiger partial charge is 0.437 e. The van der Waals surface area contributed by atoms with Crippen LogP contribution in [0.1, 0.15) is 39.7 Å². The first-order valence-electron chi connectivity index (χ1n) is 9.27. The SMILES string of the molecule is C[C@H]1C[C@H]2C(=O)N(C)/C(=N\C(=O)OC(C)(C)C)N[C@@]2(c2cc(O)ncc2F)CO1. The summed E-state index contributed by atoms with van der Waals surface area (Å²) in [5.41, 5.74) is -2.12.